The molecule has 0 aromatic carbocycles. The summed E-state index contributed by atoms with van der Waals surface area (Å²) in [6.45, 7) is 16.6. The van der Waals surface area contributed by atoms with Crippen molar-refractivity contribution in [1.82, 2.24) is 15.6 Å². The summed E-state index contributed by atoms with van der Waals surface area (Å²) in [6, 6.07) is -0.181. The fraction of sp³-hybridized carbons (Fsp3) is 0.514. The van der Waals surface area contributed by atoms with Gasteiger partial charge in [0, 0.05) is 28.2 Å². The lowest BCUT2D eigenvalue weighted by Crippen LogP contribution is -2.27. The summed E-state index contributed by atoms with van der Waals surface area (Å²) in [5.41, 5.74) is 9.63. The first-order valence-corrected chi connectivity index (χ1v) is 15.9. The number of carbonyl (C=O) groups is 2. The first kappa shape index (κ1) is 31.3. The Morgan fingerprint density at radius 2 is 1.40 bits per heavy atom. The van der Waals surface area contributed by atoms with Crippen LogP contribution in [0.2, 0.25) is 0 Å². The predicted molar refractivity (Wildman–Crippen MR) is 171 cm³/mol. The van der Waals surface area contributed by atoms with Crippen molar-refractivity contribution in [2.75, 3.05) is 0 Å². The predicted octanol–water partition coefficient (Wildman–Crippen LogP) is 7.12. The third kappa shape index (κ3) is 5.12. The third-order valence-electron chi connectivity index (χ3n) is 9.49. The van der Waals surface area contributed by atoms with Gasteiger partial charge in [-0.15, -0.1) is 0 Å². The van der Waals surface area contributed by atoms with E-state index in [0.717, 1.165) is 82.8 Å². The molecule has 0 bridgehead atoms. The molecule has 4 heterocycles. The average Bonchev–Trinajstić information content (AvgIpc) is 3.67. The van der Waals surface area contributed by atoms with Crippen molar-refractivity contribution in [1.29, 1.82) is 0 Å². The SMILES string of the molecule is CCC1=C(CC)/C(=C/C2N=C(/C=C3\N/C(=C\c4[nH]c(O)c(CC)c4CC)C(CC)(CC)C3=O)C(CC)=C2CC)NC1=O. The molecular weight excluding hydrogens is 524 g/mol. The maximum Gasteiger partial charge on any atom is 0.251 e. The fourth-order valence-corrected chi connectivity index (χ4v) is 7.09. The molecule has 4 rings (SSSR count). The van der Waals surface area contributed by atoms with Gasteiger partial charge >= 0.3 is 0 Å². The molecule has 7 heteroatoms. The third-order valence-corrected chi connectivity index (χ3v) is 9.49. The summed E-state index contributed by atoms with van der Waals surface area (Å²) in [4.78, 5) is 35.0. The molecule has 1 aromatic heterocycles. The van der Waals surface area contributed by atoms with Crippen LogP contribution in [0.5, 0.6) is 5.88 Å². The summed E-state index contributed by atoms with van der Waals surface area (Å²) in [5.74, 6) is 0.273. The summed E-state index contributed by atoms with van der Waals surface area (Å²) in [7, 11) is 0. The zero-order valence-electron chi connectivity index (χ0n) is 26.7. The average molecular weight is 573 g/mol. The molecule has 0 radical (unpaired) electrons. The van der Waals surface area contributed by atoms with Crippen molar-refractivity contribution in [3.05, 3.63) is 68.4 Å². The van der Waals surface area contributed by atoms with E-state index < -0.39 is 5.41 Å². The van der Waals surface area contributed by atoms with Crippen molar-refractivity contribution in [2.45, 2.75) is 113 Å². The number of carbonyl (C=O) groups excluding carboxylic acids is 2. The molecule has 0 aliphatic carbocycles. The van der Waals surface area contributed by atoms with Gasteiger partial charge in [-0.25, -0.2) is 0 Å². The maximum atomic E-state index is 14.1. The van der Waals surface area contributed by atoms with Crippen LogP contribution in [0.25, 0.3) is 6.08 Å². The number of H-pyrrole nitrogens is 1. The van der Waals surface area contributed by atoms with Crippen LogP contribution in [0.4, 0.5) is 0 Å². The van der Waals surface area contributed by atoms with Gasteiger partial charge in [-0.3, -0.25) is 14.6 Å². The van der Waals surface area contributed by atoms with Crippen molar-refractivity contribution in [3.8, 4) is 5.88 Å². The molecule has 1 amide bonds. The molecule has 1 saturated heterocycles. The molecule has 4 N–H and O–H groups in total. The second-order valence-electron chi connectivity index (χ2n) is 11.3. The van der Waals surface area contributed by atoms with Gasteiger partial charge in [0.15, 0.2) is 11.7 Å². The van der Waals surface area contributed by atoms with Crippen molar-refractivity contribution in [2.24, 2.45) is 10.4 Å². The Kier molecular flexibility index (Phi) is 9.49. The van der Waals surface area contributed by atoms with Crippen LogP contribution in [-0.2, 0) is 22.4 Å². The Morgan fingerprint density at radius 1 is 0.762 bits per heavy atom. The van der Waals surface area contributed by atoms with Crippen LogP contribution >= 0.6 is 0 Å². The number of nitrogens with one attached hydrogen (secondary N) is 3. The molecule has 1 unspecified atom stereocenters. The number of ketones is 1. The Labute approximate surface area is 251 Å². The minimum atomic E-state index is -0.667. The lowest BCUT2D eigenvalue weighted by atomic mass is 9.77. The highest BCUT2D eigenvalue weighted by atomic mass is 16.3. The standard InChI is InChI=1S/C35H48N4O3/c1-9-20-21(10-2)27(36-26(20)17-28-22(11-3)24(13-5)33(41)38-28)18-30-32(40)35(15-7,16-8)31(37-30)19-29-23(12-4)25(14-6)34(42)39-29/h17-19,26,37,39,42H,9-16H2,1-8H3,(H,38,41)/b28-17-,30-18-,31-19-. The van der Waals surface area contributed by atoms with Crippen LogP contribution < -0.4 is 10.6 Å². The Balaban J connectivity index is 1.79. The molecule has 1 atom stereocenters. The van der Waals surface area contributed by atoms with Crippen LogP contribution in [0.1, 0.15) is 111 Å². The van der Waals surface area contributed by atoms with Crippen LogP contribution in [0.15, 0.2) is 56.5 Å². The molecule has 226 valence electrons. The van der Waals surface area contributed by atoms with Gasteiger partial charge in [0.05, 0.1) is 22.9 Å². The highest BCUT2D eigenvalue weighted by Crippen LogP contribution is 2.44. The quantitative estimate of drug-likeness (QED) is 0.212. The monoisotopic (exact) mass is 572 g/mol. The number of aliphatic imine (C=N–C) groups is 1. The lowest BCUT2D eigenvalue weighted by Gasteiger charge is -2.24. The van der Waals surface area contributed by atoms with E-state index in [9.17, 15) is 14.7 Å². The zero-order valence-corrected chi connectivity index (χ0v) is 26.7. The van der Waals surface area contributed by atoms with E-state index in [2.05, 4.69) is 63.2 Å². The molecule has 0 saturated carbocycles. The number of aromatic amines is 1. The van der Waals surface area contributed by atoms with E-state index in [1.165, 1.54) is 5.57 Å². The van der Waals surface area contributed by atoms with E-state index >= 15 is 0 Å². The number of hydrogen-bond donors (Lipinski definition) is 4. The van der Waals surface area contributed by atoms with E-state index in [1.54, 1.807) is 0 Å². The molecule has 7 nitrogen and oxygen atoms in total. The Morgan fingerprint density at radius 3 is 1.95 bits per heavy atom. The van der Waals surface area contributed by atoms with Crippen LogP contribution in [-0.4, -0.2) is 33.5 Å². The largest absolute Gasteiger partial charge is 0.494 e. The molecule has 3 aliphatic rings. The fourth-order valence-electron chi connectivity index (χ4n) is 7.09. The molecule has 1 fully saturated rings. The normalized spacial score (nSPS) is 23.2. The minimum absolute atomic E-state index is 0.00845. The van der Waals surface area contributed by atoms with Crippen molar-refractivity contribution < 1.29 is 14.7 Å². The van der Waals surface area contributed by atoms with Gasteiger partial charge < -0.3 is 20.7 Å². The van der Waals surface area contributed by atoms with E-state index in [4.69, 9.17) is 4.99 Å². The Hall–Kier alpha value is -3.61. The highest BCUT2D eigenvalue weighted by Gasteiger charge is 2.47. The second kappa shape index (κ2) is 12.7. The van der Waals surface area contributed by atoms with Crippen LogP contribution in [0, 0.1) is 5.41 Å². The second-order valence-corrected chi connectivity index (χ2v) is 11.3. The maximum absolute atomic E-state index is 14.1. The molecule has 3 aliphatic heterocycles. The first-order chi connectivity index (χ1) is 20.2. The first-order valence-electron chi connectivity index (χ1n) is 15.9. The van der Waals surface area contributed by atoms with Gasteiger partial charge in [-0.2, -0.15) is 0 Å². The molecular formula is C35H48N4O3. The number of Topliss-reactive ketones (excluding diaryl/α,β-unsaturated/α-hetero) is 1. The number of nitrogens with zero attached hydrogens (tertiary/aromatic N) is 1. The summed E-state index contributed by atoms with van der Waals surface area (Å²) in [5, 5.41) is 17.1. The number of rotatable bonds is 11. The molecule has 1 aromatic rings. The molecule has 42 heavy (non-hydrogen) atoms. The van der Waals surface area contributed by atoms with E-state index in [-0.39, 0.29) is 23.6 Å². The molecule has 0 spiro atoms. The number of allylic oxidation sites excluding steroid dienone is 5. The summed E-state index contributed by atoms with van der Waals surface area (Å²) < 4.78 is 0. The topological polar surface area (TPSA) is 107 Å². The summed E-state index contributed by atoms with van der Waals surface area (Å²) >= 11 is 0. The van der Waals surface area contributed by atoms with Gasteiger partial charge in [0.25, 0.3) is 5.91 Å². The number of aromatic nitrogens is 1. The van der Waals surface area contributed by atoms with Crippen LogP contribution in [0.3, 0.4) is 0 Å². The van der Waals surface area contributed by atoms with Crippen molar-refractivity contribution in [3.63, 3.8) is 0 Å². The Bertz CT molecular complexity index is 1460. The van der Waals surface area contributed by atoms with Gasteiger partial charge in [-0.1, -0.05) is 55.4 Å². The lowest BCUT2D eigenvalue weighted by molar-refractivity contribution is -0.122. The number of aromatic hydroxyl groups is 1. The van der Waals surface area contributed by atoms with E-state index in [1.807, 2.05) is 26.0 Å². The number of amides is 1. The number of hydrogen-bond acceptors (Lipinski definition) is 5. The van der Waals surface area contributed by atoms with E-state index in [0.29, 0.717) is 25.0 Å². The highest BCUT2D eigenvalue weighted by molar-refractivity contribution is 6.17. The van der Waals surface area contributed by atoms with Gasteiger partial charge in [0.1, 0.15) is 0 Å². The summed E-state index contributed by atoms with van der Waals surface area (Å²) in [6.07, 6.45) is 12.0. The van der Waals surface area contributed by atoms with Crippen molar-refractivity contribution >= 4 is 23.5 Å². The van der Waals surface area contributed by atoms with Gasteiger partial charge in [-0.05, 0) is 91.9 Å². The minimum Gasteiger partial charge on any atom is -0.494 e. The van der Waals surface area contributed by atoms with Gasteiger partial charge in [0.2, 0.25) is 0 Å². The smallest absolute Gasteiger partial charge is 0.251 e. The zero-order chi connectivity index (χ0) is 30.8.